The van der Waals surface area contributed by atoms with E-state index in [1.807, 2.05) is 7.05 Å². The van der Waals surface area contributed by atoms with Crippen molar-refractivity contribution < 1.29 is 0 Å². The average molecular weight is 189 g/mol. The summed E-state index contributed by atoms with van der Waals surface area (Å²) in [5, 5.41) is 8.47. The van der Waals surface area contributed by atoms with Gasteiger partial charge >= 0.3 is 0 Å². The summed E-state index contributed by atoms with van der Waals surface area (Å²) in [6.45, 7) is 5.14. The molecule has 0 N–H and O–H groups in total. The van der Waals surface area contributed by atoms with E-state index in [9.17, 15) is 0 Å². The van der Waals surface area contributed by atoms with Gasteiger partial charge in [0.2, 0.25) is 0 Å². The minimum Gasteiger partial charge on any atom is -0.302 e. The van der Waals surface area contributed by atoms with Crippen molar-refractivity contribution in [3.05, 3.63) is 0 Å². The second kappa shape index (κ2) is 6.28. The van der Waals surface area contributed by atoms with Crippen LogP contribution in [0.25, 0.3) is 0 Å². The van der Waals surface area contributed by atoms with Crippen molar-refractivity contribution in [3.8, 4) is 6.07 Å². The van der Waals surface area contributed by atoms with E-state index in [-0.39, 0.29) is 0 Å². The fourth-order valence-electron chi connectivity index (χ4n) is 1.01. The van der Waals surface area contributed by atoms with Crippen molar-refractivity contribution >= 4 is 11.6 Å². The molecule has 0 radical (unpaired) electrons. The highest BCUT2D eigenvalue weighted by molar-refractivity contribution is 6.18. The van der Waals surface area contributed by atoms with E-state index in [0.717, 1.165) is 6.54 Å². The number of rotatable bonds is 5. The Morgan fingerprint density at radius 2 is 2.08 bits per heavy atom. The van der Waals surface area contributed by atoms with Gasteiger partial charge in [-0.25, -0.2) is 0 Å². The number of halogens is 1. The summed E-state index contributed by atoms with van der Waals surface area (Å²) in [6.07, 6.45) is 0.589. The maximum absolute atomic E-state index is 8.47. The Labute approximate surface area is 80.1 Å². The van der Waals surface area contributed by atoms with Crippen molar-refractivity contribution in [1.82, 2.24) is 4.90 Å². The van der Waals surface area contributed by atoms with Crippen LogP contribution in [0, 0.1) is 17.2 Å². The monoisotopic (exact) mass is 188 g/mol. The van der Waals surface area contributed by atoms with Crippen LogP contribution in [-0.2, 0) is 0 Å². The zero-order valence-corrected chi connectivity index (χ0v) is 8.80. The van der Waals surface area contributed by atoms with Gasteiger partial charge in [-0.1, -0.05) is 6.92 Å². The third-order valence-electron chi connectivity index (χ3n) is 2.00. The summed E-state index contributed by atoms with van der Waals surface area (Å²) in [5.74, 6) is 1.18. The van der Waals surface area contributed by atoms with Crippen LogP contribution in [0.1, 0.15) is 20.3 Å². The van der Waals surface area contributed by atoms with E-state index in [0.29, 0.717) is 24.3 Å². The van der Waals surface area contributed by atoms with Crippen LogP contribution >= 0.6 is 11.6 Å². The Hall–Kier alpha value is -0.260. The molecule has 0 saturated heterocycles. The first kappa shape index (κ1) is 11.7. The van der Waals surface area contributed by atoms with Gasteiger partial charge in [-0.3, -0.25) is 0 Å². The number of alkyl halides is 1. The van der Waals surface area contributed by atoms with Crippen LogP contribution in [0.15, 0.2) is 0 Å². The molecule has 12 heavy (non-hydrogen) atoms. The topological polar surface area (TPSA) is 27.0 Å². The lowest BCUT2D eigenvalue weighted by Crippen LogP contribution is -2.33. The fraction of sp³-hybridized carbons (Fsp3) is 0.889. The van der Waals surface area contributed by atoms with Gasteiger partial charge in [0.05, 0.1) is 12.5 Å². The molecule has 2 nitrogen and oxygen atoms in total. The molecule has 2 atom stereocenters. The Morgan fingerprint density at radius 3 is 2.50 bits per heavy atom. The molecule has 0 fully saturated rings. The molecule has 0 aromatic carbocycles. The van der Waals surface area contributed by atoms with Gasteiger partial charge < -0.3 is 4.90 Å². The second-order valence-electron chi connectivity index (χ2n) is 3.41. The van der Waals surface area contributed by atoms with E-state index in [4.69, 9.17) is 16.9 Å². The molecular weight excluding hydrogens is 172 g/mol. The molecule has 0 aliphatic rings. The summed E-state index contributed by atoms with van der Waals surface area (Å²) in [5.41, 5.74) is 0. The number of hydrogen-bond acceptors (Lipinski definition) is 2. The van der Waals surface area contributed by atoms with E-state index < -0.39 is 0 Å². The number of nitriles is 1. The molecular formula is C9H17ClN2. The largest absolute Gasteiger partial charge is 0.302 e. The molecule has 0 aliphatic carbocycles. The van der Waals surface area contributed by atoms with Crippen molar-refractivity contribution in [2.45, 2.75) is 26.3 Å². The molecule has 0 rings (SSSR count). The average Bonchev–Trinajstić information content (AvgIpc) is 2.04. The van der Waals surface area contributed by atoms with E-state index >= 15 is 0 Å². The third-order valence-corrected chi connectivity index (χ3v) is 2.53. The molecule has 0 bridgehead atoms. The van der Waals surface area contributed by atoms with Crippen molar-refractivity contribution in [2.24, 2.45) is 5.92 Å². The highest BCUT2D eigenvalue weighted by Gasteiger charge is 2.11. The zero-order chi connectivity index (χ0) is 9.56. The van der Waals surface area contributed by atoms with Crippen LogP contribution in [0.3, 0.4) is 0 Å². The van der Waals surface area contributed by atoms with E-state index in [1.165, 1.54) is 0 Å². The van der Waals surface area contributed by atoms with Crippen LogP contribution in [-0.4, -0.2) is 30.4 Å². The predicted molar refractivity (Wildman–Crippen MR) is 52.2 cm³/mol. The zero-order valence-electron chi connectivity index (χ0n) is 8.05. The third kappa shape index (κ3) is 4.58. The minimum absolute atomic E-state index is 0.334. The maximum Gasteiger partial charge on any atom is 0.0638 e. The highest BCUT2D eigenvalue weighted by Crippen LogP contribution is 2.05. The van der Waals surface area contributed by atoms with Gasteiger partial charge in [0.25, 0.3) is 0 Å². The molecule has 0 aromatic heterocycles. The van der Waals surface area contributed by atoms with Crippen LogP contribution in [0.5, 0.6) is 0 Å². The maximum atomic E-state index is 8.47. The first-order valence-electron chi connectivity index (χ1n) is 4.25. The first-order valence-corrected chi connectivity index (χ1v) is 4.78. The standard InChI is InChI=1S/C9H17ClN2/c1-8(6-10)7-12(3)9(2)4-5-11/h8-9H,4,6-7H2,1-3H3. The summed E-state index contributed by atoms with van der Waals surface area (Å²) < 4.78 is 0. The Bertz CT molecular complexity index is 153. The van der Waals surface area contributed by atoms with Gasteiger partial charge in [0.15, 0.2) is 0 Å². The predicted octanol–water partition coefficient (Wildman–Crippen LogP) is 2.10. The SMILES string of the molecule is CC(CCl)CN(C)C(C)CC#N. The van der Waals surface area contributed by atoms with E-state index in [1.54, 1.807) is 0 Å². The molecule has 0 spiro atoms. The first-order chi connectivity index (χ1) is 5.61. The molecule has 3 heteroatoms. The summed E-state index contributed by atoms with van der Waals surface area (Å²) in [6, 6.07) is 2.50. The normalized spacial score (nSPS) is 15.7. The number of hydrogen-bond donors (Lipinski definition) is 0. The lowest BCUT2D eigenvalue weighted by Gasteiger charge is -2.24. The highest BCUT2D eigenvalue weighted by atomic mass is 35.5. The van der Waals surface area contributed by atoms with Gasteiger partial charge in [-0.05, 0) is 19.9 Å². The van der Waals surface area contributed by atoms with E-state index in [2.05, 4.69) is 24.8 Å². The smallest absolute Gasteiger partial charge is 0.0638 e. The van der Waals surface area contributed by atoms with Crippen molar-refractivity contribution in [1.29, 1.82) is 5.26 Å². The van der Waals surface area contributed by atoms with Crippen molar-refractivity contribution in [2.75, 3.05) is 19.5 Å². The fourth-order valence-corrected chi connectivity index (χ4v) is 1.11. The molecule has 0 aliphatic heterocycles. The lowest BCUT2D eigenvalue weighted by molar-refractivity contribution is 0.234. The van der Waals surface area contributed by atoms with Crippen molar-refractivity contribution in [3.63, 3.8) is 0 Å². The number of nitrogens with zero attached hydrogens (tertiary/aromatic N) is 2. The van der Waals surface area contributed by atoms with Gasteiger partial charge in [-0.15, -0.1) is 11.6 Å². The Balaban J connectivity index is 3.71. The quantitative estimate of drug-likeness (QED) is 0.618. The Morgan fingerprint density at radius 1 is 1.50 bits per heavy atom. The summed E-state index contributed by atoms with van der Waals surface area (Å²) >= 11 is 5.69. The Kier molecular flexibility index (Phi) is 6.14. The molecule has 0 aromatic rings. The van der Waals surface area contributed by atoms with Gasteiger partial charge in [0.1, 0.15) is 0 Å². The second-order valence-corrected chi connectivity index (χ2v) is 3.72. The molecule has 2 unspecified atom stereocenters. The molecule has 70 valence electrons. The molecule has 0 saturated carbocycles. The lowest BCUT2D eigenvalue weighted by atomic mass is 10.1. The summed E-state index contributed by atoms with van der Waals surface area (Å²) in [7, 11) is 2.03. The van der Waals surface area contributed by atoms with Gasteiger partial charge in [0, 0.05) is 18.5 Å². The van der Waals surface area contributed by atoms with Crippen LogP contribution in [0.4, 0.5) is 0 Å². The molecule has 0 heterocycles. The molecule has 0 amide bonds. The summed E-state index contributed by atoms with van der Waals surface area (Å²) in [4.78, 5) is 2.18. The van der Waals surface area contributed by atoms with Crippen LogP contribution in [0.2, 0.25) is 0 Å². The minimum atomic E-state index is 0.334. The van der Waals surface area contributed by atoms with Crippen LogP contribution < -0.4 is 0 Å². The van der Waals surface area contributed by atoms with Gasteiger partial charge in [-0.2, -0.15) is 5.26 Å².